The molecule has 0 saturated heterocycles. The highest BCUT2D eigenvalue weighted by Crippen LogP contribution is 2.24. The van der Waals surface area contributed by atoms with Crippen LogP contribution in [0, 0.1) is 0 Å². The zero-order chi connectivity index (χ0) is 15.2. The number of rotatable bonds is 8. The molecule has 0 aromatic heterocycles. The second kappa shape index (κ2) is 7.65. The molecule has 1 rings (SSSR count). The van der Waals surface area contributed by atoms with E-state index < -0.39 is 0 Å². The third-order valence-corrected chi connectivity index (χ3v) is 4.21. The molecule has 3 nitrogen and oxygen atoms in total. The van der Waals surface area contributed by atoms with E-state index in [2.05, 4.69) is 44.7 Å². The highest BCUT2D eigenvalue weighted by atomic mass is 16.5. The number of aryl methyl sites for hydroxylation is 1. The zero-order valence-corrected chi connectivity index (χ0v) is 13.6. The zero-order valence-electron chi connectivity index (χ0n) is 13.6. The number of nitrogens with zero attached hydrogens (tertiary/aromatic N) is 1. The maximum atomic E-state index is 6.07. The van der Waals surface area contributed by atoms with Gasteiger partial charge in [-0.05, 0) is 57.9 Å². The van der Waals surface area contributed by atoms with Crippen LogP contribution in [0.15, 0.2) is 24.3 Å². The van der Waals surface area contributed by atoms with E-state index in [0.717, 1.165) is 25.1 Å². The monoisotopic (exact) mass is 278 g/mol. The summed E-state index contributed by atoms with van der Waals surface area (Å²) < 4.78 is 5.19. The van der Waals surface area contributed by atoms with Crippen LogP contribution in [0.2, 0.25) is 0 Å². The fourth-order valence-corrected chi connectivity index (χ4v) is 2.94. The molecule has 1 unspecified atom stereocenters. The molecule has 1 aromatic carbocycles. The van der Waals surface area contributed by atoms with Crippen LogP contribution < -0.4 is 10.5 Å². The van der Waals surface area contributed by atoms with E-state index in [4.69, 9.17) is 10.5 Å². The van der Waals surface area contributed by atoms with Crippen LogP contribution >= 0.6 is 0 Å². The summed E-state index contributed by atoms with van der Waals surface area (Å²) in [5.41, 5.74) is 7.47. The van der Waals surface area contributed by atoms with Crippen molar-refractivity contribution in [3.63, 3.8) is 0 Å². The summed E-state index contributed by atoms with van der Waals surface area (Å²) in [5.74, 6) is 0.910. The molecule has 0 fully saturated rings. The summed E-state index contributed by atoms with van der Waals surface area (Å²) in [7, 11) is 1.70. The first-order valence-corrected chi connectivity index (χ1v) is 7.56. The second-order valence-electron chi connectivity index (χ2n) is 5.93. The summed E-state index contributed by atoms with van der Waals surface area (Å²) in [6.07, 6.45) is 2.11. The van der Waals surface area contributed by atoms with Crippen molar-refractivity contribution in [2.45, 2.75) is 52.1 Å². The van der Waals surface area contributed by atoms with E-state index in [9.17, 15) is 0 Å². The third-order valence-electron chi connectivity index (χ3n) is 4.21. The lowest BCUT2D eigenvalue weighted by atomic mass is 9.90. The minimum Gasteiger partial charge on any atom is -0.497 e. The second-order valence-corrected chi connectivity index (χ2v) is 5.93. The maximum Gasteiger partial charge on any atom is 0.118 e. The Bertz CT molecular complexity index is 388. The Morgan fingerprint density at radius 1 is 1.25 bits per heavy atom. The first kappa shape index (κ1) is 17.0. The Hall–Kier alpha value is -1.06. The molecule has 0 amide bonds. The van der Waals surface area contributed by atoms with Crippen LogP contribution in [-0.2, 0) is 6.42 Å². The van der Waals surface area contributed by atoms with Crippen LogP contribution in [0.4, 0.5) is 0 Å². The quantitative estimate of drug-likeness (QED) is 0.794. The maximum absolute atomic E-state index is 6.07. The lowest BCUT2D eigenvalue weighted by molar-refractivity contribution is 0.0749. The van der Waals surface area contributed by atoms with Crippen molar-refractivity contribution >= 4 is 0 Å². The number of nitrogens with two attached hydrogens (primary N) is 1. The third kappa shape index (κ3) is 4.22. The summed E-state index contributed by atoms with van der Waals surface area (Å²) in [6, 6.07) is 8.84. The van der Waals surface area contributed by atoms with Gasteiger partial charge in [-0.1, -0.05) is 19.1 Å². The van der Waals surface area contributed by atoms with Gasteiger partial charge in [0, 0.05) is 18.1 Å². The van der Waals surface area contributed by atoms with E-state index in [0.29, 0.717) is 12.6 Å². The largest absolute Gasteiger partial charge is 0.497 e. The number of benzene rings is 1. The Morgan fingerprint density at radius 3 is 2.25 bits per heavy atom. The fourth-order valence-electron chi connectivity index (χ4n) is 2.94. The highest BCUT2D eigenvalue weighted by molar-refractivity contribution is 5.27. The van der Waals surface area contributed by atoms with Gasteiger partial charge in [0.05, 0.1) is 7.11 Å². The average molecular weight is 278 g/mol. The minimum absolute atomic E-state index is 0.0584. The molecule has 0 saturated carbocycles. The molecular formula is C17H30N2O. The number of hydrogen-bond donors (Lipinski definition) is 1. The van der Waals surface area contributed by atoms with Gasteiger partial charge in [0.25, 0.3) is 0 Å². The van der Waals surface area contributed by atoms with E-state index in [1.165, 1.54) is 5.56 Å². The Morgan fingerprint density at radius 2 is 1.85 bits per heavy atom. The lowest BCUT2D eigenvalue weighted by Crippen LogP contribution is -2.54. The topological polar surface area (TPSA) is 38.5 Å². The first-order chi connectivity index (χ1) is 9.46. The van der Waals surface area contributed by atoms with Gasteiger partial charge in [-0.25, -0.2) is 0 Å². The van der Waals surface area contributed by atoms with Crippen molar-refractivity contribution in [3.05, 3.63) is 29.8 Å². The Kier molecular flexibility index (Phi) is 6.50. The van der Waals surface area contributed by atoms with E-state index in [1.807, 2.05) is 12.1 Å². The Labute approximate surface area is 124 Å². The molecule has 1 aromatic rings. The fraction of sp³-hybridized carbons (Fsp3) is 0.647. The lowest BCUT2D eigenvalue weighted by Gasteiger charge is -2.43. The molecule has 0 aliphatic heterocycles. The molecule has 2 N–H and O–H groups in total. The number of hydrogen-bond acceptors (Lipinski definition) is 3. The highest BCUT2D eigenvalue weighted by Gasteiger charge is 2.30. The molecule has 3 heteroatoms. The van der Waals surface area contributed by atoms with E-state index >= 15 is 0 Å². The van der Waals surface area contributed by atoms with Gasteiger partial charge in [-0.3, -0.25) is 4.90 Å². The average Bonchev–Trinajstić information content (AvgIpc) is 2.46. The Balaban J connectivity index is 2.72. The van der Waals surface area contributed by atoms with Crippen LogP contribution in [-0.4, -0.2) is 36.7 Å². The van der Waals surface area contributed by atoms with Crippen molar-refractivity contribution < 1.29 is 4.74 Å². The molecule has 0 bridgehead atoms. The molecule has 114 valence electrons. The smallest absolute Gasteiger partial charge is 0.118 e. The summed E-state index contributed by atoms with van der Waals surface area (Å²) in [6.45, 7) is 10.7. The normalized spacial score (nSPS) is 14.6. The minimum atomic E-state index is 0.0584. The van der Waals surface area contributed by atoms with E-state index in [1.54, 1.807) is 7.11 Å². The van der Waals surface area contributed by atoms with E-state index in [-0.39, 0.29) is 5.54 Å². The molecule has 0 aliphatic carbocycles. The molecular weight excluding hydrogens is 248 g/mol. The SMILES string of the molecule is CCN(C(C)C)C(C)(CN)CCc1ccc(OC)cc1. The van der Waals surface area contributed by atoms with Gasteiger partial charge in [0.1, 0.15) is 5.75 Å². The van der Waals surface area contributed by atoms with Crippen LogP contribution in [0.25, 0.3) is 0 Å². The number of methoxy groups -OCH3 is 1. The van der Waals surface area contributed by atoms with Crippen molar-refractivity contribution in [2.75, 3.05) is 20.2 Å². The van der Waals surface area contributed by atoms with Crippen molar-refractivity contribution in [2.24, 2.45) is 5.73 Å². The molecule has 0 spiro atoms. The van der Waals surface area contributed by atoms with Crippen molar-refractivity contribution in [1.29, 1.82) is 0 Å². The number of ether oxygens (including phenoxy) is 1. The summed E-state index contributed by atoms with van der Waals surface area (Å²) in [4.78, 5) is 2.50. The summed E-state index contributed by atoms with van der Waals surface area (Å²) in [5, 5.41) is 0. The van der Waals surface area contributed by atoms with Crippen molar-refractivity contribution in [1.82, 2.24) is 4.90 Å². The number of likely N-dealkylation sites (N-methyl/N-ethyl adjacent to an activating group) is 1. The van der Waals surface area contributed by atoms with Crippen LogP contribution in [0.3, 0.4) is 0 Å². The van der Waals surface area contributed by atoms with Gasteiger partial charge >= 0.3 is 0 Å². The molecule has 0 aliphatic rings. The van der Waals surface area contributed by atoms with Gasteiger partial charge in [-0.2, -0.15) is 0 Å². The van der Waals surface area contributed by atoms with Gasteiger partial charge < -0.3 is 10.5 Å². The van der Waals surface area contributed by atoms with Crippen LogP contribution in [0.1, 0.15) is 39.7 Å². The predicted molar refractivity (Wildman–Crippen MR) is 86.3 cm³/mol. The van der Waals surface area contributed by atoms with Crippen molar-refractivity contribution in [3.8, 4) is 5.75 Å². The van der Waals surface area contributed by atoms with Gasteiger partial charge in [0.2, 0.25) is 0 Å². The first-order valence-electron chi connectivity index (χ1n) is 7.56. The molecule has 0 radical (unpaired) electrons. The van der Waals surface area contributed by atoms with Gasteiger partial charge in [-0.15, -0.1) is 0 Å². The molecule has 1 atom stereocenters. The molecule has 20 heavy (non-hydrogen) atoms. The van der Waals surface area contributed by atoms with Gasteiger partial charge in [0.15, 0.2) is 0 Å². The summed E-state index contributed by atoms with van der Waals surface area (Å²) >= 11 is 0. The predicted octanol–water partition coefficient (Wildman–Crippen LogP) is 3.08. The van der Waals surface area contributed by atoms with Crippen LogP contribution in [0.5, 0.6) is 5.75 Å². The molecule has 0 heterocycles. The standard InChI is InChI=1S/C17H30N2O/c1-6-19(14(2)3)17(4,13-18)12-11-15-7-9-16(20-5)10-8-15/h7-10,14H,6,11-13,18H2,1-5H3.